The summed E-state index contributed by atoms with van der Waals surface area (Å²) in [4.78, 5) is 24.3. The smallest absolute Gasteiger partial charge is 0.338 e. The number of esters is 1. The van der Waals surface area contributed by atoms with Crippen molar-refractivity contribution in [2.45, 2.75) is 84.7 Å². The number of hydrogen-bond donors (Lipinski definition) is 0. The quantitative estimate of drug-likeness (QED) is 0.215. The molecule has 0 saturated heterocycles. The maximum absolute atomic E-state index is 12.3. The van der Waals surface area contributed by atoms with E-state index in [1.807, 2.05) is 43.3 Å². The summed E-state index contributed by atoms with van der Waals surface area (Å²) in [7, 11) is 0. The van der Waals surface area contributed by atoms with Crippen LogP contribution in [0.4, 0.5) is 0 Å². The second kappa shape index (κ2) is 14.4. The zero-order valence-corrected chi connectivity index (χ0v) is 19.9. The molecule has 0 saturated carbocycles. The molecule has 1 atom stereocenters. The van der Waals surface area contributed by atoms with Crippen LogP contribution >= 0.6 is 0 Å². The first-order valence-electron chi connectivity index (χ1n) is 12.1. The molecular weight excluding hydrogens is 400 g/mol. The maximum Gasteiger partial charge on any atom is 0.338 e. The number of rotatable bonds is 15. The Morgan fingerprint density at radius 1 is 0.750 bits per heavy atom. The van der Waals surface area contributed by atoms with Gasteiger partial charge in [-0.15, -0.1) is 0 Å². The van der Waals surface area contributed by atoms with E-state index in [2.05, 4.69) is 6.92 Å². The van der Waals surface area contributed by atoms with Gasteiger partial charge in [0.1, 0.15) is 5.75 Å². The van der Waals surface area contributed by atoms with Crippen molar-refractivity contribution in [2.75, 3.05) is 6.61 Å². The molecule has 0 spiro atoms. The SMILES string of the molecule is CCCCCCCCOc1ccc(-c2ccc(C(=O)O[C@@H](C)C(=O)CCCC)cc2)cc1. The summed E-state index contributed by atoms with van der Waals surface area (Å²) >= 11 is 0. The van der Waals surface area contributed by atoms with Crippen LogP contribution in [0.3, 0.4) is 0 Å². The van der Waals surface area contributed by atoms with Gasteiger partial charge in [-0.1, -0.05) is 76.6 Å². The Kier molecular flexibility index (Phi) is 11.6. The van der Waals surface area contributed by atoms with Crippen LogP contribution in [0.25, 0.3) is 11.1 Å². The van der Waals surface area contributed by atoms with Crippen LogP contribution in [-0.4, -0.2) is 24.5 Å². The highest BCUT2D eigenvalue weighted by Gasteiger charge is 2.18. The Balaban J connectivity index is 1.82. The van der Waals surface area contributed by atoms with Crippen molar-refractivity contribution in [2.24, 2.45) is 0 Å². The standard InChI is InChI=1S/C28H38O4/c1-4-6-8-9-10-11-21-31-26-19-17-24(18-20-26)23-13-15-25(16-14-23)28(30)32-22(3)27(29)12-7-5-2/h13-20,22H,4-12,21H2,1-3H3/t22-/m0/s1. The number of hydrogen-bond acceptors (Lipinski definition) is 4. The Morgan fingerprint density at radius 3 is 1.94 bits per heavy atom. The molecule has 0 N–H and O–H groups in total. The topological polar surface area (TPSA) is 52.6 Å². The second-order valence-corrected chi connectivity index (χ2v) is 8.34. The molecule has 2 aromatic rings. The fourth-order valence-electron chi connectivity index (χ4n) is 3.46. The van der Waals surface area contributed by atoms with E-state index in [0.717, 1.165) is 42.7 Å². The molecule has 2 aromatic carbocycles. The van der Waals surface area contributed by atoms with Gasteiger partial charge in [0, 0.05) is 6.42 Å². The molecule has 0 unspecified atom stereocenters. The molecule has 0 bridgehead atoms. The summed E-state index contributed by atoms with van der Waals surface area (Å²) < 4.78 is 11.2. The van der Waals surface area contributed by atoms with Gasteiger partial charge in [0.25, 0.3) is 0 Å². The third kappa shape index (κ3) is 8.86. The van der Waals surface area contributed by atoms with E-state index < -0.39 is 12.1 Å². The van der Waals surface area contributed by atoms with E-state index in [-0.39, 0.29) is 5.78 Å². The van der Waals surface area contributed by atoms with Crippen LogP contribution in [0, 0.1) is 0 Å². The zero-order chi connectivity index (χ0) is 23.2. The van der Waals surface area contributed by atoms with Crippen molar-refractivity contribution in [1.82, 2.24) is 0 Å². The van der Waals surface area contributed by atoms with Crippen molar-refractivity contribution in [3.63, 3.8) is 0 Å². The molecule has 32 heavy (non-hydrogen) atoms. The van der Waals surface area contributed by atoms with Gasteiger partial charge >= 0.3 is 5.97 Å². The monoisotopic (exact) mass is 438 g/mol. The zero-order valence-electron chi connectivity index (χ0n) is 19.9. The lowest BCUT2D eigenvalue weighted by atomic mass is 10.0. The predicted octanol–water partition coefficient (Wildman–Crippen LogP) is 7.40. The first-order chi connectivity index (χ1) is 15.5. The van der Waals surface area contributed by atoms with Gasteiger partial charge in [-0.05, 0) is 55.2 Å². The third-order valence-electron chi connectivity index (χ3n) is 5.59. The normalized spacial score (nSPS) is 11.7. The molecular formula is C28H38O4. The van der Waals surface area contributed by atoms with E-state index in [0.29, 0.717) is 12.0 Å². The minimum atomic E-state index is -0.711. The fraction of sp³-hybridized carbons (Fsp3) is 0.500. The number of unbranched alkanes of at least 4 members (excludes halogenated alkanes) is 6. The summed E-state index contributed by atoms with van der Waals surface area (Å²) in [5.41, 5.74) is 2.51. The van der Waals surface area contributed by atoms with E-state index >= 15 is 0 Å². The third-order valence-corrected chi connectivity index (χ3v) is 5.59. The summed E-state index contributed by atoms with van der Waals surface area (Å²) in [6, 6.07) is 15.3. The number of carbonyl (C=O) groups excluding carboxylic acids is 2. The highest BCUT2D eigenvalue weighted by molar-refractivity contribution is 5.93. The van der Waals surface area contributed by atoms with Gasteiger partial charge in [-0.2, -0.15) is 0 Å². The number of carbonyl (C=O) groups is 2. The van der Waals surface area contributed by atoms with Crippen LogP contribution in [0.5, 0.6) is 5.75 Å². The molecule has 2 rings (SSSR count). The molecule has 4 nitrogen and oxygen atoms in total. The van der Waals surface area contributed by atoms with Gasteiger partial charge < -0.3 is 9.47 Å². The van der Waals surface area contributed by atoms with Crippen molar-refractivity contribution in [3.8, 4) is 16.9 Å². The highest BCUT2D eigenvalue weighted by atomic mass is 16.5. The highest BCUT2D eigenvalue weighted by Crippen LogP contribution is 2.23. The maximum atomic E-state index is 12.3. The average molecular weight is 439 g/mol. The van der Waals surface area contributed by atoms with Crippen molar-refractivity contribution < 1.29 is 19.1 Å². The van der Waals surface area contributed by atoms with Crippen LogP contribution < -0.4 is 4.74 Å². The van der Waals surface area contributed by atoms with Crippen molar-refractivity contribution in [3.05, 3.63) is 54.1 Å². The van der Waals surface area contributed by atoms with Gasteiger partial charge in [-0.25, -0.2) is 4.79 Å². The largest absolute Gasteiger partial charge is 0.494 e. The minimum absolute atomic E-state index is 0.0318. The molecule has 0 heterocycles. The van der Waals surface area contributed by atoms with E-state index in [1.165, 1.54) is 32.1 Å². The van der Waals surface area contributed by atoms with Crippen molar-refractivity contribution in [1.29, 1.82) is 0 Å². The lowest BCUT2D eigenvalue weighted by Crippen LogP contribution is -2.24. The predicted molar refractivity (Wildman–Crippen MR) is 130 cm³/mol. The van der Waals surface area contributed by atoms with Crippen LogP contribution in [0.2, 0.25) is 0 Å². The summed E-state index contributed by atoms with van der Waals surface area (Å²) in [5, 5.41) is 0. The molecule has 0 aliphatic heterocycles. The molecule has 0 amide bonds. The van der Waals surface area contributed by atoms with Crippen LogP contribution in [0.15, 0.2) is 48.5 Å². The van der Waals surface area contributed by atoms with E-state index in [9.17, 15) is 9.59 Å². The summed E-state index contributed by atoms with van der Waals surface area (Å²) in [6.45, 7) is 6.65. The molecule has 0 fully saturated rings. The minimum Gasteiger partial charge on any atom is -0.494 e. The number of ketones is 1. The number of benzene rings is 2. The van der Waals surface area contributed by atoms with Gasteiger partial charge in [0.15, 0.2) is 11.9 Å². The Bertz CT molecular complexity index is 808. The molecule has 0 aliphatic rings. The fourth-order valence-corrected chi connectivity index (χ4v) is 3.46. The molecule has 0 aromatic heterocycles. The van der Waals surface area contributed by atoms with Crippen LogP contribution in [0.1, 0.15) is 88.9 Å². The first kappa shape index (κ1) is 25.6. The van der Waals surface area contributed by atoms with Gasteiger partial charge in [-0.3, -0.25) is 4.79 Å². The molecule has 0 aliphatic carbocycles. The number of Topliss-reactive ketones (excluding diaryl/α,β-unsaturated/α-hetero) is 1. The van der Waals surface area contributed by atoms with Crippen molar-refractivity contribution >= 4 is 11.8 Å². The average Bonchev–Trinajstić information content (AvgIpc) is 2.82. The van der Waals surface area contributed by atoms with Gasteiger partial charge in [0.05, 0.1) is 12.2 Å². The van der Waals surface area contributed by atoms with E-state index in [1.54, 1.807) is 19.1 Å². The lowest BCUT2D eigenvalue weighted by molar-refractivity contribution is -0.127. The first-order valence-corrected chi connectivity index (χ1v) is 12.1. The summed E-state index contributed by atoms with van der Waals surface area (Å²) in [5.74, 6) is 0.382. The molecule has 174 valence electrons. The van der Waals surface area contributed by atoms with Crippen LogP contribution in [-0.2, 0) is 9.53 Å². The summed E-state index contributed by atoms with van der Waals surface area (Å²) in [6.07, 6.45) is 9.01. The second-order valence-electron chi connectivity index (χ2n) is 8.34. The Labute approximate surface area is 193 Å². The van der Waals surface area contributed by atoms with Gasteiger partial charge in [0.2, 0.25) is 0 Å². The molecule has 4 heteroatoms. The number of ether oxygens (including phenoxy) is 2. The lowest BCUT2D eigenvalue weighted by Gasteiger charge is -2.12. The Morgan fingerprint density at radius 2 is 1.31 bits per heavy atom. The Hall–Kier alpha value is -2.62. The molecule has 0 radical (unpaired) electrons. The van der Waals surface area contributed by atoms with E-state index in [4.69, 9.17) is 9.47 Å².